The van der Waals surface area contributed by atoms with E-state index in [4.69, 9.17) is 11.6 Å². The first-order valence-corrected chi connectivity index (χ1v) is 9.50. The van der Waals surface area contributed by atoms with Crippen LogP contribution in [0.3, 0.4) is 0 Å². The van der Waals surface area contributed by atoms with Crippen LogP contribution >= 0.6 is 11.6 Å². The first-order valence-electron chi connectivity index (χ1n) is 9.12. The third-order valence-electron chi connectivity index (χ3n) is 5.09. The van der Waals surface area contributed by atoms with Crippen LogP contribution in [0.5, 0.6) is 0 Å². The minimum atomic E-state index is 0.0600. The molecule has 1 aromatic carbocycles. The predicted octanol–water partition coefficient (Wildman–Crippen LogP) is 5.03. The number of carbonyl (C=O) groups excluding carboxylic acids is 1. The van der Waals surface area contributed by atoms with E-state index < -0.39 is 0 Å². The van der Waals surface area contributed by atoms with E-state index in [1.165, 1.54) is 32.1 Å². The Bertz CT molecular complexity index is 691. The summed E-state index contributed by atoms with van der Waals surface area (Å²) in [5.41, 5.74) is 2.89. The Morgan fingerprint density at radius 3 is 2.44 bits per heavy atom. The number of aromatic nitrogens is 1. The highest BCUT2D eigenvalue weighted by molar-refractivity contribution is 6.30. The van der Waals surface area contributed by atoms with Crippen LogP contribution in [0, 0.1) is 5.92 Å². The molecule has 0 aliphatic heterocycles. The zero-order valence-electron chi connectivity index (χ0n) is 14.7. The molecule has 1 fully saturated rings. The van der Waals surface area contributed by atoms with E-state index >= 15 is 0 Å². The van der Waals surface area contributed by atoms with Gasteiger partial charge >= 0.3 is 0 Å². The molecule has 0 unspecified atom stereocenters. The van der Waals surface area contributed by atoms with E-state index in [-0.39, 0.29) is 11.9 Å². The smallest absolute Gasteiger partial charge is 0.226 e. The number of nitrogens with zero attached hydrogens (tertiary/aromatic N) is 1. The molecule has 1 aliphatic rings. The quantitative estimate of drug-likeness (QED) is 0.816. The second-order valence-corrected chi connectivity index (χ2v) is 7.41. The number of pyridine rings is 1. The molecule has 1 aliphatic carbocycles. The third-order valence-corrected chi connectivity index (χ3v) is 5.34. The number of benzene rings is 1. The van der Waals surface area contributed by atoms with Gasteiger partial charge in [0.2, 0.25) is 5.91 Å². The molecule has 132 valence electrons. The summed E-state index contributed by atoms with van der Waals surface area (Å²) in [4.78, 5) is 16.7. The average Bonchev–Trinajstić information content (AvgIpc) is 2.64. The summed E-state index contributed by atoms with van der Waals surface area (Å²) < 4.78 is 0. The fraction of sp³-hybridized carbons (Fsp3) is 0.429. The number of nitrogens with one attached hydrogen (secondary N) is 1. The molecule has 0 bridgehead atoms. The normalized spacial score (nSPS) is 16.4. The van der Waals surface area contributed by atoms with Gasteiger partial charge in [0.25, 0.3) is 0 Å². The summed E-state index contributed by atoms with van der Waals surface area (Å²) in [7, 11) is 0. The van der Waals surface area contributed by atoms with Crippen molar-refractivity contribution in [2.24, 2.45) is 5.92 Å². The van der Waals surface area contributed by atoms with E-state index in [0.29, 0.717) is 12.3 Å². The van der Waals surface area contributed by atoms with Crippen molar-refractivity contribution in [3.05, 3.63) is 53.3 Å². The Kier molecular flexibility index (Phi) is 6.09. The van der Waals surface area contributed by atoms with Gasteiger partial charge in [-0.3, -0.25) is 9.78 Å². The molecule has 1 heterocycles. The van der Waals surface area contributed by atoms with Crippen molar-refractivity contribution in [2.45, 2.75) is 51.5 Å². The van der Waals surface area contributed by atoms with E-state index in [1.807, 2.05) is 42.6 Å². The topological polar surface area (TPSA) is 42.0 Å². The molecule has 0 spiro atoms. The molecule has 25 heavy (non-hydrogen) atoms. The highest BCUT2D eigenvalue weighted by Crippen LogP contribution is 2.26. The van der Waals surface area contributed by atoms with Crippen LogP contribution in [0.25, 0.3) is 11.1 Å². The predicted molar refractivity (Wildman–Crippen MR) is 103 cm³/mol. The lowest BCUT2D eigenvalue weighted by Crippen LogP contribution is -2.39. The highest BCUT2D eigenvalue weighted by atomic mass is 35.5. The van der Waals surface area contributed by atoms with E-state index in [2.05, 4.69) is 17.2 Å². The van der Waals surface area contributed by atoms with E-state index in [9.17, 15) is 4.79 Å². The number of hydrogen-bond acceptors (Lipinski definition) is 2. The number of carbonyl (C=O) groups is 1. The molecule has 1 N–H and O–H groups in total. The lowest BCUT2D eigenvalue weighted by atomic mass is 9.84. The average molecular weight is 357 g/mol. The Balaban J connectivity index is 1.55. The van der Waals surface area contributed by atoms with Crippen LogP contribution in [0.15, 0.2) is 42.6 Å². The first kappa shape index (κ1) is 17.9. The van der Waals surface area contributed by atoms with Crippen LogP contribution in [0.2, 0.25) is 5.02 Å². The van der Waals surface area contributed by atoms with Gasteiger partial charge in [-0.25, -0.2) is 0 Å². The van der Waals surface area contributed by atoms with Crippen molar-refractivity contribution in [3.63, 3.8) is 0 Å². The van der Waals surface area contributed by atoms with Gasteiger partial charge in [-0.15, -0.1) is 0 Å². The van der Waals surface area contributed by atoms with E-state index in [1.54, 1.807) is 0 Å². The maximum atomic E-state index is 12.3. The van der Waals surface area contributed by atoms with Gasteiger partial charge in [0.1, 0.15) is 0 Å². The molecule has 3 nitrogen and oxygen atoms in total. The highest BCUT2D eigenvalue weighted by Gasteiger charge is 2.21. The molecular formula is C21H25ClN2O. The molecule has 4 heteroatoms. The monoisotopic (exact) mass is 356 g/mol. The fourth-order valence-corrected chi connectivity index (χ4v) is 3.69. The molecule has 0 radical (unpaired) electrons. The standard InChI is InChI=1S/C21H25ClN2O/c1-15(16-5-3-2-4-6-16)24-21(25)13-20-12-9-18(14-23-20)17-7-10-19(22)11-8-17/h7-12,14-16H,2-6,13H2,1H3,(H,24,25)/t15-/m1/s1. The van der Waals surface area contributed by atoms with Gasteiger partial charge in [0.15, 0.2) is 0 Å². The SMILES string of the molecule is C[C@@H](NC(=O)Cc1ccc(-c2ccc(Cl)cc2)cn1)C1CCCCC1. The van der Waals surface area contributed by atoms with Gasteiger partial charge in [-0.2, -0.15) is 0 Å². The second kappa shape index (κ2) is 8.48. The van der Waals surface area contributed by atoms with E-state index in [0.717, 1.165) is 21.8 Å². The first-order chi connectivity index (χ1) is 12.1. The largest absolute Gasteiger partial charge is 0.353 e. The van der Waals surface area contributed by atoms with Crippen molar-refractivity contribution in [2.75, 3.05) is 0 Å². The second-order valence-electron chi connectivity index (χ2n) is 6.98. The lowest BCUT2D eigenvalue weighted by Gasteiger charge is -2.28. The minimum Gasteiger partial charge on any atom is -0.353 e. The van der Waals surface area contributed by atoms with Gasteiger partial charge in [-0.05, 0) is 49.4 Å². The van der Waals surface area contributed by atoms with Crippen molar-refractivity contribution < 1.29 is 4.79 Å². The Morgan fingerprint density at radius 1 is 1.12 bits per heavy atom. The van der Waals surface area contributed by atoms with Crippen LogP contribution in [0.1, 0.15) is 44.7 Å². The Morgan fingerprint density at radius 2 is 1.80 bits per heavy atom. The number of amides is 1. The maximum Gasteiger partial charge on any atom is 0.226 e. The zero-order valence-corrected chi connectivity index (χ0v) is 15.4. The van der Waals surface area contributed by atoms with Gasteiger partial charge < -0.3 is 5.32 Å². The van der Waals surface area contributed by atoms with Crippen molar-refractivity contribution in [1.29, 1.82) is 0 Å². The molecule has 3 rings (SSSR count). The summed E-state index contributed by atoms with van der Waals surface area (Å²) in [6, 6.07) is 11.9. The number of hydrogen-bond donors (Lipinski definition) is 1. The van der Waals surface area contributed by atoms with Crippen LogP contribution in [0.4, 0.5) is 0 Å². The Labute approximate surface area is 154 Å². The Hall–Kier alpha value is -1.87. The van der Waals surface area contributed by atoms with Gasteiger partial charge in [0.05, 0.1) is 6.42 Å². The van der Waals surface area contributed by atoms with Crippen LogP contribution < -0.4 is 5.32 Å². The van der Waals surface area contributed by atoms with Crippen molar-refractivity contribution in [1.82, 2.24) is 10.3 Å². The molecular weight excluding hydrogens is 332 g/mol. The summed E-state index contributed by atoms with van der Waals surface area (Å²) in [5.74, 6) is 0.683. The molecule has 0 saturated heterocycles. The van der Waals surface area contributed by atoms with Gasteiger partial charge in [-0.1, -0.05) is 49.1 Å². The molecule has 1 amide bonds. The molecule has 1 aromatic heterocycles. The summed E-state index contributed by atoms with van der Waals surface area (Å²) >= 11 is 5.92. The fourth-order valence-electron chi connectivity index (χ4n) is 3.56. The molecule has 2 aromatic rings. The number of rotatable bonds is 5. The maximum absolute atomic E-state index is 12.3. The van der Waals surface area contributed by atoms with Gasteiger partial charge in [0, 0.05) is 28.5 Å². The molecule has 1 saturated carbocycles. The lowest BCUT2D eigenvalue weighted by molar-refractivity contribution is -0.121. The number of halogens is 1. The van der Waals surface area contributed by atoms with Crippen molar-refractivity contribution >= 4 is 17.5 Å². The third kappa shape index (κ3) is 5.05. The summed E-state index contributed by atoms with van der Waals surface area (Å²) in [6.45, 7) is 2.13. The summed E-state index contributed by atoms with van der Waals surface area (Å²) in [6.07, 6.45) is 8.53. The van der Waals surface area contributed by atoms with Crippen LogP contribution in [-0.4, -0.2) is 16.9 Å². The minimum absolute atomic E-state index is 0.0600. The summed E-state index contributed by atoms with van der Waals surface area (Å²) in [5, 5.41) is 3.88. The van der Waals surface area contributed by atoms with Crippen LogP contribution in [-0.2, 0) is 11.2 Å². The zero-order chi connectivity index (χ0) is 17.6. The molecule has 1 atom stereocenters. The van der Waals surface area contributed by atoms with Crippen molar-refractivity contribution in [3.8, 4) is 11.1 Å².